The molecular weight excluding hydrogens is 386 g/mol. The van der Waals surface area contributed by atoms with Crippen LogP contribution in [0.2, 0.25) is 0 Å². The Kier molecular flexibility index (Phi) is 6.89. The van der Waals surface area contributed by atoms with Gasteiger partial charge in [0.25, 0.3) is 0 Å². The van der Waals surface area contributed by atoms with Crippen LogP contribution in [-0.2, 0) is 23.1 Å². The smallest absolute Gasteiger partial charge is 0.411 e. The number of methoxy groups -OCH3 is 1. The van der Waals surface area contributed by atoms with Gasteiger partial charge in [0.2, 0.25) is 5.91 Å². The minimum absolute atomic E-state index is 0.0121. The molecule has 0 bridgehead atoms. The molecule has 0 unspecified atom stereocenters. The first-order valence-corrected chi connectivity index (χ1v) is 9.76. The third-order valence-corrected chi connectivity index (χ3v) is 4.66. The lowest BCUT2D eigenvalue weighted by molar-refractivity contribution is -0.120. The number of nitrogens with zero attached hydrogens (tertiary/aromatic N) is 5. The number of aromatic nitrogens is 2. The molecule has 1 aliphatic heterocycles. The summed E-state index contributed by atoms with van der Waals surface area (Å²) in [4.78, 5) is 32.3. The van der Waals surface area contributed by atoms with Gasteiger partial charge in [-0.15, -0.1) is 0 Å². The van der Waals surface area contributed by atoms with Crippen molar-refractivity contribution in [1.82, 2.24) is 20.0 Å². The minimum atomic E-state index is -0.509. The van der Waals surface area contributed by atoms with E-state index in [1.165, 1.54) is 7.11 Å². The third kappa shape index (κ3) is 5.28. The van der Waals surface area contributed by atoms with Gasteiger partial charge in [-0.3, -0.25) is 14.8 Å². The molecule has 0 spiro atoms. The van der Waals surface area contributed by atoms with E-state index in [2.05, 4.69) is 25.5 Å². The summed E-state index contributed by atoms with van der Waals surface area (Å²) >= 11 is 0. The van der Waals surface area contributed by atoms with Gasteiger partial charge in [-0.1, -0.05) is 12.1 Å². The average Bonchev–Trinajstić information content (AvgIpc) is 3.18. The van der Waals surface area contributed by atoms with Crippen LogP contribution in [0.1, 0.15) is 12.5 Å². The second-order valence-electron chi connectivity index (χ2n) is 6.82. The van der Waals surface area contributed by atoms with Gasteiger partial charge in [0.1, 0.15) is 6.54 Å². The number of anilines is 2. The minimum Gasteiger partial charge on any atom is -0.453 e. The number of aryl methyl sites for hydroxylation is 1. The Morgan fingerprint density at radius 2 is 2.03 bits per heavy atom. The number of guanidine groups is 1. The van der Waals surface area contributed by atoms with Crippen molar-refractivity contribution in [3.63, 3.8) is 0 Å². The maximum atomic E-state index is 12.7. The molecule has 10 nitrogen and oxygen atoms in total. The fourth-order valence-electron chi connectivity index (χ4n) is 3.13. The van der Waals surface area contributed by atoms with E-state index >= 15 is 0 Å². The zero-order valence-electron chi connectivity index (χ0n) is 17.5. The number of ether oxygens (including phenoxy) is 1. The molecule has 1 saturated heterocycles. The van der Waals surface area contributed by atoms with Crippen LogP contribution in [0, 0.1) is 0 Å². The maximum Gasteiger partial charge on any atom is 0.411 e. The number of aliphatic imine (C=N–C) groups is 1. The van der Waals surface area contributed by atoms with Crippen molar-refractivity contribution in [1.29, 1.82) is 0 Å². The zero-order valence-corrected chi connectivity index (χ0v) is 17.5. The van der Waals surface area contributed by atoms with Crippen molar-refractivity contribution in [2.45, 2.75) is 13.5 Å². The van der Waals surface area contributed by atoms with Crippen molar-refractivity contribution < 1.29 is 14.3 Å². The van der Waals surface area contributed by atoms with Crippen LogP contribution >= 0.6 is 0 Å². The lowest BCUT2D eigenvalue weighted by Gasteiger charge is -2.35. The Morgan fingerprint density at radius 3 is 2.63 bits per heavy atom. The summed E-state index contributed by atoms with van der Waals surface area (Å²) in [5, 5.41) is 10.0. The lowest BCUT2D eigenvalue weighted by atomic mass is 10.2. The van der Waals surface area contributed by atoms with Crippen LogP contribution in [0.4, 0.5) is 16.2 Å². The molecule has 0 atom stereocenters. The van der Waals surface area contributed by atoms with Crippen LogP contribution in [0.5, 0.6) is 0 Å². The van der Waals surface area contributed by atoms with Gasteiger partial charge in [0, 0.05) is 38.6 Å². The Balaban J connectivity index is 1.63. The van der Waals surface area contributed by atoms with E-state index < -0.39 is 6.09 Å². The van der Waals surface area contributed by atoms with Gasteiger partial charge < -0.3 is 19.9 Å². The predicted molar refractivity (Wildman–Crippen MR) is 114 cm³/mol. The molecule has 3 rings (SSSR count). The van der Waals surface area contributed by atoms with Gasteiger partial charge >= 0.3 is 6.09 Å². The van der Waals surface area contributed by atoms with Crippen molar-refractivity contribution in [2.24, 2.45) is 12.0 Å². The highest BCUT2D eigenvalue weighted by Gasteiger charge is 2.27. The fraction of sp³-hybridized carbons (Fsp3) is 0.400. The van der Waals surface area contributed by atoms with Crippen LogP contribution in [-0.4, -0.2) is 65.9 Å². The van der Waals surface area contributed by atoms with Gasteiger partial charge in [-0.05, 0) is 24.6 Å². The Morgan fingerprint density at radius 1 is 1.27 bits per heavy atom. The average molecular weight is 413 g/mol. The van der Waals surface area contributed by atoms with Gasteiger partial charge in [0.05, 0.1) is 25.5 Å². The molecule has 0 saturated carbocycles. The van der Waals surface area contributed by atoms with Crippen LogP contribution in [0.3, 0.4) is 0 Å². The number of rotatable bonds is 5. The van der Waals surface area contributed by atoms with E-state index in [0.29, 0.717) is 37.8 Å². The molecule has 10 heteroatoms. The van der Waals surface area contributed by atoms with Crippen LogP contribution < -0.4 is 15.5 Å². The molecule has 30 heavy (non-hydrogen) atoms. The van der Waals surface area contributed by atoms with E-state index in [1.54, 1.807) is 27.9 Å². The second kappa shape index (κ2) is 9.77. The van der Waals surface area contributed by atoms with Crippen LogP contribution in [0.25, 0.3) is 0 Å². The highest BCUT2D eigenvalue weighted by atomic mass is 16.5. The molecule has 0 radical (unpaired) electrons. The van der Waals surface area contributed by atoms with Crippen molar-refractivity contribution in [3.05, 3.63) is 42.2 Å². The molecular formula is C20H27N7O3. The first-order chi connectivity index (χ1) is 14.5. The number of benzene rings is 1. The first-order valence-electron chi connectivity index (χ1n) is 9.76. The molecule has 1 aromatic carbocycles. The Hall–Kier alpha value is -3.56. The lowest BCUT2D eigenvalue weighted by Crippen LogP contribution is -2.55. The van der Waals surface area contributed by atoms with E-state index in [1.807, 2.05) is 37.2 Å². The van der Waals surface area contributed by atoms with Crippen LogP contribution in [0.15, 0.2) is 41.7 Å². The molecule has 0 aliphatic carbocycles. The number of hydrogen-bond donors (Lipinski definition) is 2. The molecule has 1 aromatic heterocycles. The number of carbonyl (C=O) groups is 2. The quantitative estimate of drug-likeness (QED) is 0.567. The standard InChI is InChI=1S/C20H27N7O3/c1-4-21-19(22-11-15-5-7-16(8-6-15)24-20(29)30-3)26-9-10-27(18(28)14-26)17-12-23-25(2)13-17/h5-8,12-13H,4,9-11,14H2,1-3H3,(H,21,22)(H,24,29). The molecule has 1 fully saturated rings. The summed E-state index contributed by atoms with van der Waals surface area (Å²) in [6, 6.07) is 7.38. The molecule has 1 aliphatic rings. The summed E-state index contributed by atoms with van der Waals surface area (Å²) in [7, 11) is 3.15. The number of hydrogen-bond acceptors (Lipinski definition) is 5. The number of carbonyl (C=O) groups excluding carboxylic acids is 2. The fourth-order valence-corrected chi connectivity index (χ4v) is 3.13. The van der Waals surface area contributed by atoms with E-state index in [0.717, 1.165) is 11.3 Å². The van der Waals surface area contributed by atoms with Gasteiger partial charge in [-0.25, -0.2) is 9.79 Å². The summed E-state index contributed by atoms with van der Waals surface area (Å²) in [5.74, 6) is 0.714. The molecule has 2 N–H and O–H groups in total. The number of piperazine rings is 1. The topological polar surface area (TPSA) is 104 Å². The molecule has 2 amide bonds. The number of nitrogens with one attached hydrogen (secondary N) is 2. The molecule has 2 heterocycles. The van der Waals surface area contributed by atoms with E-state index in [4.69, 9.17) is 0 Å². The number of amides is 2. The predicted octanol–water partition coefficient (Wildman–Crippen LogP) is 1.41. The largest absolute Gasteiger partial charge is 0.453 e. The monoisotopic (exact) mass is 413 g/mol. The van der Waals surface area contributed by atoms with Crippen molar-refractivity contribution in [3.8, 4) is 0 Å². The van der Waals surface area contributed by atoms with E-state index in [9.17, 15) is 9.59 Å². The zero-order chi connectivity index (χ0) is 21.5. The summed E-state index contributed by atoms with van der Waals surface area (Å²) in [6.45, 7) is 4.66. The Bertz CT molecular complexity index is 907. The maximum absolute atomic E-state index is 12.7. The Labute approximate surface area is 175 Å². The van der Waals surface area contributed by atoms with Crippen molar-refractivity contribution >= 4 is 29.3 Å². The second-order valence-corrected chi connectivity index (χ2v) is 6.82. The first kappa shape index (κ1) is 21.2. The highest BCUT2D eigenvalue weighted by molar-refractivity contribution is 5.98. The summed E-state index contributed by atoms with van der Waals surface area (Å²) < 4.78 is 6.27. The summed E-state index contributed by atoms with van der Waals surface area (Å²) in [5.41, 5.74) is 2.45. The van der Waals surface area contributed by atoms with Crippen molar-refractivity contribution in [2.75, 3.05) is 43.5 Å². The highest BCUT2D eigenvalue weighted by Crippen LogP contribution is 2.16. The molecule has 2 aromatic rings. The SMILES string of the molecule is CCNC(=NCc1ccc(NC(=O)OC)cc1)N1CCN(c2cnn(C)c2)C(=O)C1. The van der Waals surface area contributed by atoms with E-state index in [-0.39, 0.29) is 12.5 Å². The summed E-state index contributed by atoms with van der Waals surface area (Å²) in [6.07, 6.45) is 3.03. The van der Waals surface area contributed by atoms with Gasteiger partial charge in [0.15, 0.2) is 5.96 Å². The van der Waals surface area contributed by atoms with Gasteiger partial charge in [-0.2, -0.15) is 5.10 Å². The molecule has 160 valence electrons. The normalized spacial score (nSPS) is 14.6. The third-order valence-electron chi connectivity index (χ3n) is 4.66.